The second-order valence-corrected chi connectivity index (χ2v) is 7.37. The number of fused-ring (bicyclic) bond motifs is 1. The summed E-state index contributed by atoms with van der Waals surface area (Å²) in [6.45, 7) is 0.373. The van der Waals surface area contributed by atoms with Crippen LogP contribution in [0.15, 0.2) is 33.7 Å². The van der Waals surface area contributed by atoms with E-state index < -0.39 is 0 Å². The van der Waals surface area contributed by atoms with Crippen molar-refractivity contribution in [2.24, 2.45) is 0 Å². The molecule has 10 nitrogen and oxygen atoms in total. The number of carbonyl (C=O) groups is 1. The zero-order valence-electron chi connectivity index (χ0n) is 14.7. The van der Waals surface area contributed by atoms with E-state index >= 15 is 0 Å². The third-order valence-electron chi connectivity index (χ3n) is 4.52. The molecule has 0 spiro atoms. The van der Waals surface area contributed by atoms with Crippen molar-refractivity contribution in [1.82, 2.24) is 35.7 Å². The normalized spacial score (nSPS) is 13.0. The van der Waals surface area contributed by atoms with Crippen molar-refractivity contribution in [2.45, 2.75) is 25.7 Å². The van der Waals surface area contributed by atoms with Gasteiger partial charge in [-0.05, 0) is 47.4 Å². The van der Waals surface area contributed by atoms with Gasteiger partial charge >= 0.3 is 0 Å². The fraction of sp³-hybridized carbons (Fsp3) is 0.294. The molecule has 1 N–H and O–H groups in total. The molecule has 0 aliphatic heterocycles. The van der Waals surface area contributed by atoms with Crippen LogP contribution in [0, 0.1) is 0 Å². The van der Waals surface area contributed by atoms with E-state index in [4.69, 9.17) is 8.94 Å². The molecule has 5 rings (SSSR count). The lowest BCUT2D eigenvalue weighted by Gasteiger charge is -2.06. The summed E-state index contributed by atoms with van der Waals surface area (Å²) < 4.78 is 12.0. The van der Waals surface area contributed by atoms with Crippen molar-refractivity contribution in [1.29, 1.82) is 0 Å². The van der Waals surface area contributed by atoms with Crippen LogP contribution in [0.1, 0.15) is 33.1 Å². The van der Waals surface area contributed by atoms with Gasteiger partial charge in [0.1, 0.15) is 11.3 Å². The minimum absolute atomic E-state index is 0.143. The van der Waals surface area contributed by atoms with Crippen molar-refractivity contribution >= 4 is 17.2 Å². The lowest BCUT2D eigenvalue weighted by molar-refractivity contribution is 0.0953. The van der Waals surface area contributed by atoms with Crippen molar-refractivity contribution in [2.75, 3.05) is 6.54 Å². The van der Waals surface area contributed by atoms with E-state index in [0.29, 0.717) is 36.0 Å². The minimum Gasteiger partial charge on any atom is -0.461 e. The average Bonchev–Trinajstić information content (AvgIpc) is 3.51. The number of rotatable bonds is 6. The molecule has 0 unspecified atom stereocenters. The van der Waals surface area contributed by atoms with Crippen LogP contribution in [-0.2, 0) is 19.3 Å². The first-order valence-corrected chi connectivity index (χ1v) is 9.64. The van der Waals surface area contributed by atoms with Gasteiger partial charge in [0.05, 0.1) is 11.8 Å². The monoisotopic (exact) mass is 397 g/mol. The number of hydrogen-bond donors (Lipinski definition) is 1. The number of aryl methyl sites for hydroxylation is 1. The Kier molecular flexibility index (Phi) is 4.20. The number of hydrogen-bond acceptors (Lipinski definition) is 9. The molecule has 1 amide bonds. The maximum absolute atomic E-state index is 12.9. The Balaban J connectivity index is 1.29. The third kappa shape index (κ3) is 2.99. The van der Waals surface area contributed by atoms with Crippen LogP contribution in [-0.4, -0.2) is 42.8 Å². The van der Waals surface area contributed by atoms with Crippen LogP contribution in [0.4, 0.5) is 0 Å². The van der Waals surface area contributed by atoms with Crippen LogP contribution in [0.2, 0.25) is 0 Å². The van der Waals surface area contributed by atoms with E-state index in [1.165, 1.54) is 11.2 Å². The summed E-state index contributed by atoms with van der Waals surface area (Å²) in [5, 5.41) is 18.9. The molecule has 0 saturated carbocycles. The third-order valence-corrected chi connectivity index (χ3v) is 5.80. The first-order chi connectivity index (χ1) is 13.8. The number of furan rings is 1. The van der Waals surface area contributed by atoms with Crippen LogP contribution < -0.4 is 5.32 Å². The first-order valence-electron chi connectivity index (χ1n) is 8.82. The Bertz CT molecular complexity index is 1100. The van der Waals surface area contributed by atoms with Gasteiger partial charge in [-0.1, -0.05) is 5.16 Å². The highest BCUT2D eigenvalue weighted by molar-refractivity contribution is 7.15. The number of tetrazole rings is 1. The molecular weight excluding hydrogens is 382 g/mol. The Hall–Kier alpha value is -3.34. The number of carbonyl (C=O) groups excluding carboxylic acids is 1. The topological polar surface area (TPSA) is 125 Å². The zero-order valence-corrected chi connectivity index (χ0v) is 15.5. The molecule has 0 aromatic carbocycles. The molecule has 142 valence electrons. The van der Waals surface area contributed by atoms with Gasteiger partial charge < -0.3 is 14.3 Å². The summed E-state index contributed by atoms with van der Waals surface area (Å²) in [5.41, 5.74) is 1.76. The standard InChI is InChI=1S/C17H15N7O3S/c25-16(18-7-6-13-20-15(21-27-13)11-4-2-8-26-11)14-10-3-1-5-12(10)28-17(14)24-9-19-22-23-24/h2,4,8-9H,1,3,5-7H2,(H,18,25). The van der Waals surface area contributed by atoms with Crippen molar-refractivity contribution < 1.29 is 13.7 Å². The van der Waals surface area contributed by atoms with Gasteiger partial charge in [-0.15, -0.1) is 16.4 Å². The highest BCUT2D eigenvalue weighted by Gasteiger charge is 2.28. The SMILES string of the molecule is O=C(NCCc1nc(-c2ccco2)no1)c1c(-n2cnnn2)sc2c1CCC2. The first kappa shape index (κ1) is 16.8. The summed E-state index contributed by atoms with van der Waals surface area (Å²) in [7, 11) is 0. The number of aromatic nitrogens is 6. The van der Waals surface area contributed by atoms with E-state index in [2.05, 4.69) is 31.0 Å². The lowest BCUT2D eigenvalue weighted by atomic mass is 10.1. The minimum atomic E-state index is -0.143. The summed E-state index contributed by atoms with van der Waals surface area (Å²) in [6.07, 6.45) is 6.42. The second kappa shape index (κ2) is 7.00. The fourth-order valence-electron chi connectivity index (χ4n) is 3.27. The van der Waals surface area contributed by atoms with Gasteiger partial charge in [0.2, 0.25) is 11.7 Å². The summed E-state index contributed by atoms with van der Waals surface area (Å²) in [6, 6.07) is 3.52. The molecule has 0 saturated heterocycles. The molecule has 4 aromatic rings. The fourth-order valence-corrected chi connectivity index (χ4v) is 4.58. The molecule has 1 aliphatic rings. The van der Waals surface area contributed by atoms with Crippen molar-refractivity contribution in [3.05, 3.63) is 46.6 Å². The van der Waals surface area contributed by atoms with Crippen molar-refractivity contribution in [3.63, 3.8) is 0 Å². The van der Waals surface area contributed by atoms with Crippen LogP contribution in [0.3, 0.4) is 0 Å². The molecule has 0 radical (unpaired) electrons. The number of nitrogens with one attached hydrogen (secondary N) is 1. The molecule has 4 heterocycles. The molecule has 0 bridgehead atoms. The highest BCUT2D eigenvalue weighted by atomic mass is 32.1. The largest absolute Gasteiger partial charge is 0.461 e. The Morgan fingerprint density at radius 2 is 2.32 bits per heavy atom. The van der Waals surface area contributed by atoms with Crippen LogP contribution >= 0.6 is 11.3 Å². The summed E-state index contributed by atoms with van der Waals surface area (Å²) in [5.74, 6) is 1.22. The van der Waals surface area contributed by atoms with E-state index in [1.807, 2.05) is 0 Å². The molecule has 1 aliphatic carbocycles. The molecular formula is C17H15N7O3S. The molecule has 4 aromatic heterocycles. The molecule has 0 atom stereocenters. The van der Waals surface area contributed by atoms with Gasteiger partial charge in [-0.2, -0.15) is 9.67 Å². The Labute approximate surface area is 162 Å². The maximum Gasteiger partial charge on any atom is 0.254 e. The number of amides is 1. The van der Waals surface area contributed by atoms with E-state index in [1.54, 1.807) is 34.4 Å². The second-order valence-electron chi connectivity index (χ2n) is 6.29. The van der Waals surface area contributed by atoms with Crippen molar-refractivity contribution in [3.8, 4) is 16.6 Å². The zero-order chi connectivity index (χ0) is 18.9. The Morgan fingerprint density at radius 1 is 1.36 bits per heavy atom. The predicted molar refractivity (Wildman–Crippen MR) is 97.1 cm³/mol. The van der Waals surface area contributed by atoms with Gasteiger partial charge in [0, 0.05) is 17.8 Å². The molecule has 0 fully saturated rings. The van der Waals surface area contributed by atoms with Gasteiger partial charge in [-0.3, -0.25) is 4.79 Å². The summed E-state index contributed by atoms with van der Waals surface area (Å²) in [4.78, 5) is 18.4. The quantitative estimate of drug-likeness (QED) is 0.522. The number of nitrogens with zero attached hydrogens (tertiary/aromatic N) is 6. The van der Waals surface area contributed by atoms with E-state index in [0.717, 1.165) is 29.8 Å². The van der Waals surface area contributed by atoms with Crippen LogP contribution in [0.5, 0.6) is 0 Å². The van der Waals surface area contributed by atoms with Gasteiger partial charge in [0.25, 0.3) is 5.91 Å². The molecule has 28 heavy (non-hydrogen) atoms. The number of thiophene rings is 1. The van der Waals surface area contributed by atoms with Gasteiger partial charge in [-0.25, -0.2) is 0 Å². The van der Waals surface area contributed by atoms with E-state index in [9.17, 15) is 4.79 Å². The van der Waals surface area contributed by atoms with Crippen LogP contribution in [0.25, 0.3) is 16.6 Å². The molecule has 11 heteroatoms. The maximum atomic E-state index is 12.9. The lowest BCUT2D eigenvalue weighted by Crippen LogP contribution is -2.27. The predicted octanol–water partition coefficient (Wildman–Crippen LogP) is 1.83. The van der Waals surface area contributed by atoms with Gasteiger partial charge in [0.15, 0.2) is 5.76 Å². The summed E-state index contributed by atoms with van der Waals surface area (Å²) >= 11 is 1.57. The van der Waals surface area contributed by atoms with E-state index in [-0.39, 0.29) is 5.91 Å². The highest BCUT2D eigenvalue weighted by Crippen LogP contribution is 2.37. The average molecular weight is 397 g/mol. The smallest absolute Gasteiger partial charge is 0.254 e. The Morgan fingerprint density at radius 3 is 3.14 bits per heavy atom.